The number of amides is 1. The number of rotatable bonds is 9. The molecule has 0 radical (unpaired) electrons. The van der Waals surface area contributed by atoms with Crippen LogP contribution in [-0.4, -0.2) is 49.0 Å². The van der Waals surface area contributed by atoms with Gasteiger partial charge >= 0.3 is 6.09 Å². The number of hydrogen-bond donors (Lipinski definition) is 1. The maximum Gasteiger partial charge on any atom is 0.407 e. The molecule has 1 N–H and O–H groups in total. The number of fused-ring (bicyclic) bond motifs is 1. The van der Waals surface area contributed by atoms with E-state index in [-0.39, 0.29) is 12.0 Å². The predicted octanol–water partition coefficient (Wildman–Crippen LogP) is 6.66. The van der Waals surface area contributed by atoms with Crippen molar-refractivity contribution in [3.05, 3.63) is 114 Å². The molecule has 0 spiro atoms. The van der Waals surface area contributed by atoms with Crippen molar-refractivity contribution in [2.75, 3.05) is 26.8 Å². The van der Waals surface area contributed by atoms with Crippen molar-refractivity contribution < 1.29 is 24.1 Å². The lowest BCUT2D eigenvalue weighted by Crippen LogP contribution is -2.46. The van der Waals surface area contributed by atoms with Crippen LogP contribution in [0, 0.1) is 0 Å². The van der Waals surface area contributed by atoms with Crippen LogP contribution in [0.1, 0.15) is 35.3 Å². The number of ether oxygens (including phenoxy) is 3. The highest BCUT2D eigenvalue weighted by atomic mass is 16.7. The van der Waals surface area contributed by atoms with E-state index in [0.29, 0.717) is 26.1 Å². The fourth-order valence-electron chi connectivity index (χ4n) is 5.13. The van der Waals surface area contributed by atoms with Gasteiger partial charge in [-0.1, -0.05) is 78.9 Å². The minimum Gasteiger partial charge on any atom is -0.493 e. The van der Waals surface area contributed by atoms with Gasteiger partial charge < -0.3 is 24.2 Å². The minimum atomic E-state index is -0.925. The number of nitrogens with zero attached hydrogens (tertiary/aromatic N) is 1. The molecule has 196 valence electrons. The molecule has 5 rings (SSSR count). The molecule has 1 fully saturated rings. The molecule has 0 saturated carbocycles. The summed E-state index contributed by atoms with van der Waals surface area (Å²) in [6.07, 6.45) is -0.383. The van der Waals surface area contributed by atoms with Crippen LogP contribution >= 0.6 is 0 Å². The van der Waals surface area contributed by atoms with E-state index in [1.807, 2.05) is 48.5 Å². The summed E-state index contributed by atoms with van der Waals surface area (Å²) in [6.45, 7) is 1.37. The zero-order chi connectivity index (χ0) is 26.3. The Hall–Kier alpha value is -3.87. The van der Waals surface area contributed by atoms with E-state index >= 15 is 0 Å². The first-order chi connectivity index (χ1) is 18.6. The summed E-state index contributed by atoms with van der Waals surface area (Å²) < 4.78 is 18.1. The molecular weight excluding hydrogens is 478 g/mol. The third-order valence-electron chi connectivity index (χ3n) is 7.20. The maximum atomic E-state index is 11.8. The Morgan fingerprint density at radius 1 is 0.947 bits per heavy atom. The fraction of sp³-hybridized carbons (Fsp3) is 0.281. The lowest BCUT2D eigenvalue weighted by molar-refractivity contribution is -0.174. The molecule has 38 heavy (non-hydrogen) atoms. The van der Waals surface area contributed by atoms with E-state index < -0.39 is 12.4 Å². The molecule has 4 aromatic carbocycles. The summed E-state index contributed by atoms with van der Waals surface area (Å²) in [6, 6.07) is 32.6. The number of para-hydroxylation sites is 1. The van der Waals surface area contributed by atoms with Gasteiger partial charge in [-0.25, -0.2) is 4.79 Å². The average Bonchev–Trinajstić information content (AvgIpc) is 2.96. The highest BCUT2D eigenvalue weighted by molar-refractivity contribution is 5.83. The van der Waals surface area contributed by atoms with Crippen molar-refractivity contribution in [2.45, 2.75) is 31.2 Å². The van der Waals surface area contributed by atoms with Crippen LogP contribution in [0.25, 0.3) is 10.8 Å². The predicted molar refractivity (Wildman–Crippen MR) is 148 cm³/mol. The number of likely N-dealkylation sites (tertiary alicyclic amines) is 1. The standard InChI is InChI=1S/C32H33NO5/c1-36-31(27-16-15-24-7-5-6-8-26(24)21-27)38-30-22-33(32(34)35)19-17-29(30)25-13-11-23(12-14-25)18-20-37-28-9-3-2-4-10-28/h2-16,21,29-31H,17-20,22H2,1H3,(H,34,35). The molecule has 4 aromatic rings. The van der Waals surface area contributed by atoms with Crippen molar-refractivity contribution in [1.29, 1.82) is 0 Å². The van der Waals surface area contributed by atoms with Gasteiger partial charge in [-0.05, 0) is 46.5 Å². The SMILES string of the molecule is COC(OC1CN(C(=O)O)CCC1c1ccc(CCOc2ccccc2)cc1)c1ccc2ccccc2c1. The van der Waals surface area contributed by atoms with Crippen LogP contribution in [0.2, 0.25) is 0 Å². The number of carboxylic acid groups (broad SMARTS) is 1. The highest BCUT2D eigenvalue weighted by Crippen LogP contribution is 2.35. The van der Waals surface area contributed by atoms with Crippen LogP contribution < -0.4 is 4.74 Å². The molecule has 6 nitrogen and oxygen atoms in total. The molecule has 1 amide bonds. The van der Waals surface area contributed by atoms with Gasteiger partial charge in [0.1, 0.15) is 5.75 Å². The normalized spacial score (nSPS) is 18.3. The van der Waals surface area contributed by atoms with Crippen LogP contribution in [0.15, 0.2) is 97.1 Å². The van der Waals surface area contributed by atoms with Crippen LogP contribution in [0.3, 0.4) is 0 Å². The van der Waals surface area contributed by atoms with E-state index in [0.717, 1.165) is 34.1 Å². The number of benzene rings is 4. The van der Waals surface area contributed by atoms with Crippen LogP contribution in [-0.2, 0) is 15.9 Å². The van der Waals surface area contributed by atoms with Gasteiger partial charge in [0.15, 0.2) is 6.29 Å². The molecule has 3 atom stereocenters. The van der Waals surface area contributed by atoms with Gasteiger partial charge in [0.2, 0.25) is 0 Å². The Balaban J connectivity index is 1.30. The molecule has 1 heterocycles. The number of methoxy groups -OCH3 is 1. The lowest BCUT2D eigenvalue weighted by atomic mass is 9.86. The van der Waals surface area contributed by atoms with Gasteiger partial charge in [-0.3, -0.25) is 0 Å². The second kappa shape index (κ2) is 12.1. The molecule has 1 aliphatic rings. The number of hydrogen-bond acceptors (Lipinski definition) is 4. The molecular formula is C32H33NO5. The van der Waals surface area contributed by atoms with E-state index in [9.17, 15) is 9.90 Å². The summed E-state index contributed by atoms with van der Waals surface area (Å²) in [5, 5.41) is 11.9. The molecule has 6 heteroatoms. The van der Waals surface area contributed by atoms with E-state index in [4.69, 9.17) is 14.2 Å². The van der Waals surface area contributed by atoms with E-state index in [1.54, 1.807) is 7.11 Å². The Kier molecular flexibility index (Phi) is 8.22. The lowest BCUT2D eigenvalue weighted by Gasteiger charge is -2.39. The third-order valence-corrected chi connectivity index (χ3v) is 7.20. The van der Waals surface area contributed by atoms with Crippen LogP contribution in [0.4, 0.5) is 4.79 Å². The quantitative estimate of drug-likeness (QED) is 0.255. The smallest absolute Gasteiger partial charge is 0.407 e. The molecule has 0 bridgehead atoms. The van der Waals surface area contributed by atoms with Gasteiger partial charge in [-0.2, -0.15) is 0 Å². The minimum absolute atomic E-state index is 0.0540. The Morgan fingerprint density at radius 2 is 1.68 bits per heavy atom. The van der Waals surface area contributed by atoms with Gasteiger partial charge in [-0.15, -0.1) is 0 Å². The molecule has 0 aromatic heterocycles. The van der Waals surface area contributed by atoms with Crippen molar-refractivity contribution in [1.82, 2.24) is 4.90 Å². The molecule has 0 aliphatic carbocycles. The van der Waals surface area contributed by atoms with Gasteiger partial charge in [0.05, 0.1) is 19.3 Å². The van der Waals surface area contributed by atoms with Crippen molar-refractivity contribution >= 4 is 16.9 Å². The summed E-state index contributed by atoms with van der Waals surface area (Å²) in [5.74, 6) is 0.923. The van der Waals surface area contributed by atoms with Crippen LogP contribution in [0.5, 0.6) is 5.75 Å². The summed E-state index contributed by atoms with van der Waals surface area (Å²) in [5.41, 5.74) is 3.24. The first-order valence-electron chi connectivity index (χ1n) is 13.0. The molecule has 3 unspecified atom stereocenters. The average molecular weight is 512 g/mol. The van der Waals surface area contributed by atoms with Crippen molar-refractivity contribution in [3.63, 3.8) is 0 Å². The Bertz CT molecular complexity index is 1340. The third kappa shape index (κ3) is 6.15. The summed E-state index contributed by atoms with van der Waals surface area (Å²) >= 11 is 0. The summed E-state index contributed by atoms with van der Waals surface area (Å²) in [7, 11) is 1.62. The topological polar surface area (TPSA) is 68.2 Å². The molecule has 1 saturated heterocycles. The zero-order valence-corrected chi connectivity index (χ0v) is 21.5. The first kappa shape index (κ1) is 25.8. The second-order valence-electron chi connectivity index (χ2n) is 9.63. The fourth-order valence-corrected chi connectivity index (χ4v) is 5.13. The van der Waals surface area contributed by atoms with E-state index in [2.05, 4.69) is 48.5 Å². The first-order valence-corrected chi connectivity index (χ1v) is 13.0. The number of carbonyl (C=O) groups is 1. The largest absolute Gasteiger partial charge is 0.493 e. The van der Waals surface area contributed by atoms with Crippen molar-refractivity contribution in [2.24, 2.45) is 0 Å². The maximum absolute atomic E-state index is 11.8. The Labute approximate surface area is 223 Å². The van der Waals surface area contributed by atoms with Gasteiger partial charge in [0, 0.05) is 31.6 Å². The zero-order valence-electron chi connectivity index (χ0n) is 21.5. The second-order valence-corrected chi connectivity index (χ2v) is 9.63. The van der Waals surface area contributed by atoms with E-state index in [1.165, 1.54) is 10.5 Å². The highest BCUT2D eigenvalue weighted by Gasteiger charge is 2.35. The number of piperidine rings is 1. The molecule has 1 aliphatic heterocycles. The summed E-state index contributed by atoms with van der Waals surface area (Å²) in [4.78, 5) is 13.2. The van der Waals surface area contributed by atoms with Crippen molar-refractivity contribution in [3.8, 4) is 5.75 Å². The Morgan fingerprint density at radius 3 is 2.42 bits per heavy atom. The monoisotopic (exact) mass is 511 g/mol. The van der Waals surface area contributed by atoms with Gasteiger partial charge in [0.25, 0.3) is 0 Å².